The van der Waals surface area contributed by atoms with E-state index in [9.17, 15) is 4.79 Å². The first-order valence-corrected chi connectivity index (χ1v) is 7.93. The zero-order chi connectivity index (χ0) is 11.5. The lowest BCUT2D eigenvalue weighted by Crippen LogP contribution is -2.37. The number of nitrogens with one attached hydrogen (secondary N) is 1. The second kappa shape index (κ2) is 5.65. The minimum atomic E-state index is 0.0555. The number of amides is 1. The molecule has 88 valence electrons. The molecule has 5 heteroatoms. The van der Waals surface area contributed by atoms with Crippen molar-refractivity contribution >= 4 is 49.1 Å². The molecule has 0 bridgehead atoms. The molecule has 0 saturated heterocycles. The molecule has 1 aliphatic rings. The van der Waals surface area contributed by atoms with E-state index in [1.165, 1.54) is 11.3 Å². The fourth-order valence-electron chi connectivity index (χ4n) is 1.90. The lowest BCUT2D eigenvalue weighted by molar-refractivity contribution is 0.0931. The molecule has 16 heavy (non-hydrogen) atoms. The van der Waals surface area contributed by atoms with E-state index in [4.69, 9.17) is 0 Å². The molecule has 1 saturated carbocycles. The Morgan fingerprint density at radius 2 is 2.06 bits per heavy atom. The molecule has 2 nitrogen and oxygen atoms in total. The molecule has 0 aromatic carbocycles. The van der Waals surface area contributed by atoms with Crippen LogP contribution in [0.5, 0.6) is 0 Å². The number of halogens is 2. The molecule has 0 atom stereocenters. The van der Waals surface area contributed by atoms with E-state index in [1.54, 1.807) is 0 Å². The van der Waals surface area contributed by atoms with Crippen LogP contribution in [-0.4, -0.2) is 16.8 Å². The van der Waals surface area contributed by atoms with Crippen molar-refractivity contribution < 1.29 is 4.79 Å². The number of carbonyl (C=O) groups excluding carboxylic acids is 1. The van der Waals surface area contributed by atoms with Gasteiger partial charge in [-0.2, -0.15) is 0 Å². The minimum absolute atomic E-state index is 0.0555. The van der Waals surface area contributed by atoms with E-state index in [2.05, 4.69) is 37.2 Å². The third-order valence-corrected chi connectivity index (χ3v) is 5.57. The van der Waals surface area contributed by atoms with Crippen LogP contribution in [0.1, 0.15) is 35.4 Å². The zero-order valence-corrected chi connectivity index (χ0v) is 12.7. The van der Waals surface area contributed by atoms with E-state index >= 15 is 0 Å². The fourth-order valence-corrected chi connectivity index (χ4v) is 3.89. The van der Waals surface area contributed by atoms with Gasteiger partial charge in [-0.1, -0.05) is 15.9 Å². The van der Waals surface area contributed by atoms with Gasteiger partial charge in [0, 0.05) is 15.3 Å². The second-order valence-corrected chi connectivity index (χ2v) is 7.09. The highest BCUT2D eigenvalue weighted by Gasteiger charge is 2.22. The number of carbonyl (C=O) groups is 1. The Kier molecular flexibility index (Phi) is 4.44. The first-order chi connectivity index (χ1) is 7.66. The lowest BCUT2D eigenvalue weighted by atomic mass is 9.95. The smallest absolute Gasteiger partial charge is 0.262 e. The first-order valence-electron chi connectivity index (χ1n) is 5.34. The van der Waals surface area contributed by atoms with Gasteiger partial charge < -0.3 is 5.32 Å². The molecule has 0 aliphatic heterocycles. The third-order valence-electron chi connectivity index (χ3n) is 2.82. The van der Waals surface area contributed by atoms with Gasteiger partial charge >= 0.3 is 0 Å². The Morgan fingerprint density at radius 1 is 1.38 bits per heavy atom. The standard InChI is InChI=1S/C11H13Br2NOS/c12-7-1-3-8(4-2-7)14-11(15)10-9(13)5-6-16-10/h5-8H,1-4H2,(H,14,15). The summed E-state index contributed by atoms with van der Waals surface area (Å²) in [5, 5.41) is 5.03. The van der Waals surface area contributed by atoms with Gasteiger partial charge in [0.1, 0.15) is 4.88 Å². The van der Waals surface area contributed by atoms with Crippen LogP contribution >= 0.6 is 43.2 Å². The summed E-state index contributed by atoms with van der Waals surface area (Å²) < 4.78 is 0.893. The van der Waals surface area contributed by atoms with E-state index < -0.39 is 0 Å². The van der Waals surface area contributed by atoms with E-state index in [1.807, 2.05) is 11.4 Å². The molecule has 1 amide bonds. The molecular weight excluding hydrogens is 354 g/mol. The topological polar surface area (TPSA) is 29.1 Å². The molecule has 1 N–H and O–H groups in total. The lowest BCUT2D eigenvalue weighted by Gasteiger charge is -2.25. The van der Waals surface area contributed by atoms with Gasteiger partial charge in [0.15, 0.2) is 0 Å². The van der Waals surface area contributed by atoms with Crippen molar-refractivity contribution in [3.8, 4) is 0 Å². The molecule has 1 heterocycles. The maximum absolute atomic E-state index is 11.9. The van der Waals surface area contributed by atoms with Gasteiger partial charge in [-0.25, -0.2) is 0 Å². The largest absolute Gasteiger partial charge is 0.349 e. The van der Waals surface area contributed by atoms with Gasteiger partial charge in [0.05, 0.1) is 0 Å². The van der Waals surface area contributed by atoms with Crippen molar-refractivity contribution in [2.75, 3.05) is 0 Å². The van der Waals surface area contributed by atoms with Crippen LogP contribution in [0.2, 0.25) is 0 Å². The molecule has 1 aromatic heterocycles. The summed E-state index contributed by atoms with van der Waals surface area (Å²) in [7, 11) is 0. The summed E-state index contributed by atoms with van der Waals surface area (Å²) in [6.07, 6.45) is 4.45. The number of hydrogen-bond acceptors (Lipinski definition) is 2. The summed E-state index contributed by atoms with van der Waals surface area (Å²) >= 11 is 8.48. The summed E-state index contributed by atoms with van der Waals surface area (Å²) in [6.45, 7) is 0. The Labute approximate surface area is 116 Å². The van der Waals surface area contributed by atoms with Gasteiger partial charge in [-0.15, -0.1) is 11.3 Å². The van der Waals surface area contributed by atoms with Gasteiger partial charge in [0.2, 0.25) is 0 Å². The van der Waals surface area contributed by atoms with Crippen LogP contribution in [0.15, 0.2) is 15.9 Å². The van der Waals surface area contributed by atoms with Crippen molar-refractivity contribution in [2.45, 2.75) is 36.6 Å². The summed E-state index contributed by atoms with van der Waals surface area (Å²) in [4.78, 5) is 13.3. The van der Waals surface area contributed by atoms with Gasteiger partial charge in [0.25, 0.3) is 5.91 Å². The Hall–Kier alpha value is 0.130. The highest BCUT2D eigenvalue weighted by Crippen LogP contribution is 2.26. The monoisotopic (exact) mass is 365 g/mol. The van der Waals surface area contributed by atoms with Crippen molar-refractivity contribution in [3.63, 3.8) is 0 Å². The SMILES string of the molecule is O=C(NC1CCC(Br)CC1)c1sccc1Br. The number of alkyl halides is 1. The maximum Gasteiger partial charge on any atom is 0.262 e. The van der Waals surface area contributed by atoms with Crippen molar-refractivity contribution in [1.82, 2.24) is 5.32 Å². The van der Waals surface area contributed by atoms with Crippen molar-refractivity contribution in [2.24, 2.45) is 0 Å². The van der Waals surface area contributed by atoms with Crippen LogP contribution in [0.25, 0.3) is 0 Å². The van der Waals surface area contributed by atoms with E-state index in [0.717, 1.165) is 35.0 Å². The molecule has 0 radical (unpaired) electrons. The Bertz CT molecular complexity index is 372. The van der Waals surface area contributed by atoms with Crippen LogP contribution in [0, 0.1) is 0 Å². The number of hydrogen-bond donors (Lipinski definition) is 1. The van der Waals surface area contributed by atoms with Crippen LogP contribution in [-0.2, 0) is 0 Å². The number of rotatable bonds is 2. The predicted octanol–water partition coefficient (Wildman–Crippen LogP) is 3.95. The Balaban J connectivity index is 1.91. The summed E-state index contributed by atoms with van der Waals surface area (Å²) in [6, 6.07) is 2.25. The first kappa shape index (κ1) is 12.6. The van der Waals surface area contributed by atoms with E-state index in [-0.39, 0.29) is 5.91 Å². The predicted molar refractivity (Wildman–Crippen MR) is 74.5 cm³/mol. The average Bonchev–Trinajstić information content (AvgIpc) is 2.68. The third kappa shape index (κ3) is 3.08. The zero-order valence-electron chi connectivity index (χ0n) is 8.71. The fraction of sp³-hybridized carbons (Fsp3) is 0.545. The van der Waals surface area contributed by atoms with Crippen LogP contribution < -0.4 is 5.32 Å². The highest BCUT2D eigenvalue weighted by atomic mass is 79.9. The molecule has 1 aliphatic carbocycles. The molecule has 1 aromatic rings. The van der Waals surface area contributed by atoms with Crippen molar-refractivity contribution in [3.05, 3.63) is 20.8 Å². The summed E-state index contributed by atoms with van der Waals surface area (Å²) in [5.41, 5.74) is 0. The summed E-state index contributed by atoms with van der Waals surface area (Å²) in [5.74, 6) is 0.0555. The van der Waals surface area contributed by atoms with Gasteiger partial charge in [-0.3, -0.25) is 4.79 Å². The van der Waals surface area contributed by atoms with Crippen molar-refractivity contribution in [1.29, 1.82) is 0 Å². The van der Waals surface area contributed by atoms with Crippen LogP contribution in [0.4, 0.5) is 0 Å². The van der Waals surface area contributed by atoms with E-state index in [0.29, 0.717) is 10.9 Å². The average molecular weight is 367 g/mol. The van der Waals surface area contributed by atoms with Crippen LogP contribution in [0.3, 0.4) is 0 Å². The molecule has 0 unspecified atom stereocenters. The molecule has 1 fully saturated rings. The molecule has 2 rings (SSSR count). The van der Waals surface area contributed by atoms with Gasteiger partial charge in [-0.05, 0) is 53.1 Å². The normalized spacial score (nSPS) is 25.4. The minimum Gasteiger partial charge on any atom is -0.349 e. The molecule has 0 spiro atoms. The quantitative estimate of drug-likeness (QED) is 0.789. The number of thiophene rings is 1. The second-order valence-electron chi connectivity index (χ2n) is 4.02. The highest BCUT2D eigenvalue weighted by molar-refractivity contribution is 9.10. The Morgan fingerprint density at radius 3 is 2.62 bits per heavy atom. The molecular formula is C11H13Br2NOS. The maximum atomic E-state index is 11.9.